The zero-order chi connectivity index (χ0) is 24.1. The Kier molecular flexibility index (Phi) is 10.5. The molecule has 0 amide bonds. The van der Waals surface area contributed by atoms with Crippen molar-refractivity contribution in [1.82, 2.24) is 0 Å². The van der Waals surface area contributed by atoms with Crippen LogP contribution >= 0.6 is 0 Å². The van der Waals surface area contributed by atoms with Crippen LogP contribution in [0.3, 0.4) is 0 Å². The van der Waals surface area contributed by atoms with E-state index in [0.717, 1.165) is 19.6 Å². The van der Waals surface area contributed by atoms with Gasteiger partial charge in [-0.25, -0.2) is 0 Å². The van der Waals surface area contributed by atoms with E-state index in [0.29, 0.717) is 23.9 Å². The highest BCUT2D eigenvalue weighted by Gasteiger charge is 2.48. The van der Waals surface area contributed by atoms with Crippen LogP contribution in [0.2, 0.25) is 0 Å². The van der Waals surface area contributed by atoms with Crippen molar-refractivity contribution in [2.75, 3.05) is 19.8 Å². The van der Waals surface area contributed by atoms with Crippen LogP contribution in [0, 0.1) is 56.7 Å². The van der Waals surface area contributed by atoms with Crippen LogP contribution in [0.4, 0.5) is 0 Å². The number of carbonyl (C=O) groups is 1. The summed E-state index contributed by atoms with van der Waals surface area (Å²) in [6.45, 7) is 21.6. The average Bonchev–Trinajstić information content (AvgIpc) is 3.17. The summed E-state index contributed by atoms with van der Waals surface area (Å²) >= 11 is 0. The molecule has 0 N–H and O–H groups in total. The number of rotatable bonds is 2. The zero-order valence-corrected chi connectivity index (χ0v) is 21.5. The van der Waals surface area contributed by atoms with E-state index >= 15 is 0 Å². The number of terminal acetylenes is 1. The molecule has 4 nitrogen and oxygen atoms in total. The molecule has 4 heteroatoms. The van der Waals surface area contributed by atoms with E-state index in [9.17, 15) is 4.79 Å². The molecule has 1 aliphatic carbocycles. The monoisotopic (exact) mass is 447 g/mol. The van der Waals surface area contributed by atoms with Gasteiger partial charge in [0.25, 0.3) is 0 Å². The Labute approximate surface area is 198 Å². The second kappa shape index (κ2) is 11.1. The van der Waals surface area contributed by atoms with Crippen LogP contribution in [-0.4, -0.2) is 25.8 Å². The molecule has 0 aromatic rings. The Balaban J connectivity index is 0.000000444. The third-order valence-corrected chi connectivity index (χ3v) is 6.77. The van der Waals surface area contributed by atoms with Gasteiger partial charge in [0.15, 0.2) is 0 Å². The molecule has 184 valence electrons. The van der Waals surface area contributed by atoms with Crippen LogP contribution in [0.25, 0.3) is 0 Å². The van der Waals surface area contributed by atoms with E-state index in [1.807, 2.05) is 0 Å². The quantitative estimate of drug-likeness (QED) is 0.337. The number of ether oxygens (including phenoxy) is 2. The molecule has 0 aromatic heterocycles. The van der Waals surface area contributed by atoms with Crippen LogP contribution in [0.5, 0.6) is 0 Å². The molecule has 1 atom stereocenters. The predicted molar refractivity (Wildman–Crippen MR) is 133 cm³/mol. The fourth-order valence-corrected chi connectivity index (χ4v) is 4.12. The largest absolute Gasteiger partial charge is 0.465 e. The first-order valence-electron chi connectivity index (χ1n) is 11.6. The molecule has 3 fully saturated rings. The van der Waals surface area contributed by atoms with Crippen molar-refractivity contribution in [2.45, 2.75) is 102 Å². The molecular weight excluding hydrogens is 398 g/mol. The van der Waals surface area contributed by atoms with Gasteiger partial charge >= 0.3 is 5.97 Å². The second-order valence-corrected chi connectivity index (χ2v) is 12.9. The Morgan fingerprint density at radius 2 is 1.59 bits per heavy atom. The normalized spacial score (nSPS) is 22.7. The van der Waals surface area contributed by atoms with E-state index in [1.54, 1.807) is 0 Å². The number of nitrogens with zero attached hydrogens (tertiary/aromatic N) is 1. The number of hydrogen-bond acceptors (Lipinski definition) is 4. The number of carbonyl (C=O) groups excluding carboxylic acids is 1. The van der Waals surface area contributed by atoms with Gasteiger partial charge in [-0.3, -0.25) is 4.79 Å². The van der Waals surface area contributed by atoms with Crippen molar-refractivity contribution in [1.29, 1.82) is 5.26 Å². The molecule has 3 rings (SSSR count). The predicted octanol–water partition coefficient (Wildman–Crippen LogP) is 7.03. The van der Waals surface area contributed by atoms with Crippen LogP contribution in [-0.2, 0) is 14.3 Å². The van der Waals surface area contributed by atoms with Crippen molar-refractivity contribution >= 4 is 5.97 Å². The van der Waals surface area contributed by atoms with E-state index in [1.165, 1.54) is 19.3 Å². The van der Waals surface area contributed by atoms with Crippen molar-refractivity contribution in [3.05, 3.63) is 0 Å². The number of nitriles is 1. The summed E-state index contributed by atoms with van der Waals surface area (Å²) in [4.78, 5) is 11.0. The molecule has 3 aliphatic rings. The first-order valence-corrected chi connectivity index (χ1v) is 11.6. The minimum Gasteiger partial charge on any atom is -0.465 e. The molecule has 1 saturated carbocycles. The highest BCUT2D eigenvalue weighted by atomic mass is 16.5. The highest BCUT2D eigenvalue weighted by molar-refractivity contribution is 5.74. The van der Waals surface area contributed by atoms with Gasteiger partial charge in [-0.1, -0.05) is 75.7 Å². The van der Waals surface area contributed by atoms with E-state index < -0.39 is 0 Å². The average molecular weight is 448 g/mol. The van der Waals surface area contributed by atoms with E-state index in [4.69, 9.17) is 21.2 Å². The van der Waals surface area contributed by atoms with Crippen LogP contribution in [0.15, 0.2) is 0 Å². The topological polar surface area (TPSA) is 59.3 Å². The second-order valence-electron chi connectivity index (χ2n) is 12.9. The van der Waals surface area contributed by atoms with E-state index in [-0.39, 0.29) is 35.6 Å². The third-order valence-electron chi connectivity index (χ3n) is 6.77. The minimum atomic E-state index is -0.0208. The zero-order valence-electron chi connectivity index (χ0n) is 21.5. The summed E-state index contributed by atoms with van der Waals surface area (Å²) in [5.74, 6) is 3.01. The summed E-state index contributed by atoms with van der Waals surface area (Å²) < 4.78 is 10.0. The maximum Gasteiger partial charge on any atom is 0.309 e. The lowest BCUT2D eigenvalue weighted by atomic mass is 9.63. The van der Waals surface area contributed by atoms with Gasteiger partial charge in [-0.05, 0) is 41.9 Å². The van der Waals surface area contributed by atoms with E-state index in [2.05, 4.69) is 74.3 Å². The lowest BCUT2D eigenvalue weighted by molar-refractivity contribution is -0.167. The number of cyclic esters (lactones) is 1. The Morgan fingerprint density at radius 1 is 1.06 bits per heavy atom. The Morgan fingerprint density at radius 3 is 1.72 bits per heavy atom. The first kappa shape index (κ1) is 30.5. The highest BCUT2D eigenvalue weighted by Crippen LogP contribution is 2.52. The molecular formula is C28H49NO3. The van der Waals surface area contributed by atoms with Gasteiger partial charge in [0.1, 0.15) is 0 Å². The summed E-state index contributed by atoms with van der Waals surface area (Å²) in [5, 5.41) is 8.62. The molecule has 0 aromatic carbocycles. The molecule has 0 radical (unpaired) electrons. The van der Waals surface area contributed by atoms with Gasteiger partial charge in [-0.2, -0.15) is 5.26 Å². The summed E-state index contributed by atoms with van der Waals surface area (Å²) in [6.07, 6.45) is 10.6. The Bertz CT molecular complexity index is 681. The molecule has 32 heavy (non-hydrogen) atoms. The third kappa shape index (κ3) is 8.78. The van der Waals surface area contributed by atoms with Gasteiger partial charge in [-0.15, -0.1) is 6.42 Å². The fourth-order valence-electron chi connectivity index (χ4n) is 4.12. The fraction of sp³-hybridized carbons (Fsp3) is 0.857. The molecule has 1 unspecified atom stereocenters. The standard InChI is InChI=1S/C10H16.C9H15NO.C8H14O2.CH4/c1-5-10(6-7-10)8-9(2,3)4;1-8(2,3)9(4-5-10)6-11-7-9;1-8(2,3)6-4-5-10-7(6)9;/h1H,6-8H2,2-4H3;4,6-7H2,1-3H3;6H,4-5H2,1-3H3;1H4. The number of hydrogen-bond donors (Lipinski definition) is 0. The minimum absolute atomic E-state index is 0. The molecule has 2 aliphatic heterocycles. The van der Waals surface area contributed by atoms with Crippen LogP contribution < -0.4 is 0 Å². The van der Waals surface area contributed by atoms with Gasteiger partial charge in [0.2, 0.25) is 0 Å². The summed E-state index contributed by atoms with van der Waals surface area (Å²) in [6, 6.07) is 2.24. The van der Waals surface area contributed by atoms with Crippen molar-refractivity contribution < 1.29 is 14.3 Å². The van der Waals surface area contributed by atoms with Crippen molar-refractivity contribution in [3.63, 3.8) is 0 Å². The number of esters is 1. The maximum absolute atomic E-state index is 11.0. The molecule has 2 heterocycles. The van der Waals surface area contributed by atoms with Gasteiger partial charge in [0.05, 0.1) is 31.8 Å². The van der Waals surface area contributed by atoms with Gasteiger partial charge < -0.3 is 9.47 Å². The molecule has 2 saturated heterocycles. The Hall–Kier alpha value is -1.52. The SMILES string of the molecule is C.C#CC1(CC(C)(C)C)CC1.CC(C)(C)C1(CC#N)COC1.CC(C)(C)C1CCOC1=O. The lowest BCUT2D eigenvalue weighted by Gasteiger charge is -2.49. The smallest absolute Gasteiger partial charge is 0.309 e. The first-order chi connectivity index (χ1) is 14.0. The summed E-state index contributed by atoms with van der Waals surface area (Å²) in [5.41, 5.74) is 1.11. The molecule has 0 bridgehead atoms. The lowest BCUT2D eigenvalue weighted by Crippen LogP contribution is -2.51. The van der Waals surface area contributed by atoms with Crippen molar-refractivity contribution in [3.8, 4) is 18.4 Å². The van der Waals surface area contributed by atoms with Crippen molar-refractivity contribution in [2.24, 2.45) is 33.0 Å². The van der Waals surface area contributed by atoms with Crippen LogP contribution in [0.1, 0.15) is 102 Å². The summed E-state index contributed by atoms with van der Waals surface area (Å²) in [7, 11) is 0. The maximum atomic E-state index is 11.0. The van der Waals surface area contributed by atoms with Gasteiger partial charge in [0, 0.05) is 17.3 Å². The molecule has 0 spiro atoms.